The van der Waals surface area contributed by atoms with Gasteiger partial charge in [0, 0.05) is 6.20 Å². The lowest BCUT2D eigenvalue weighted by Gasteiger charge is -2.10. The second-order valence-corrected chi connectivity index (χ2v) is 6.90. The highest BCUT2D eigenvalue weighted by atomic mass is 15.3. The van der Waals surface area contributed by atoms with Crippen LogP contribution in [0.3, 0.4) is 0 Å². The second-order valence-electron chi connectivity index (χ2n) is 6.90. The molecule has 0 saturated heterocycles. The minimum absolute atomic E-state index is 0.356. The van der Waals surface area contributed by atoms with Crippen LogP contribution in [-0.4, -0.2) is 19.6 Å². The number of nitrogen functional groups attached to an aromatic ring is 2. The van der Waals surface area contributed by atoms with Crippen LogP contribution in [0, 0.1) is 22.7 Å². The minimum atomic E-state index is 0.356. The third-order valence-corrected chi connectivity index (χ3v) is 5.20. The lowest BCUT2D eigenvalue weighted by Crippen LogP contribution is -2.10. The molecule has 0 amide bonds. The zero-order chi connectivity index (χ0) is 18.5. The van der Waals surface area contributed by atoms with Crippen molar-refractivity contribution in [3.63, 3.8) is 0 Å². The van der Waals surface area contributed by atoms with E-state index in [0.717, 1.165) is 25.7 Å². The van der Waals surface area contributed by atoms with Crippen molar-refractivity contribution in [3.8, 4) is 12.1 Å². The minimum Gasteiger partial charge on any atom is -0.383 e. The van der Waals surface area contributed by atoms with Crippen molar-refractivity contribution in [2.24, 2.45) is 0 Å². The van der Waals surface area contributed by atoms with E-state index in [1.54, 1.807) is 17.1 Å². The normalized spacial score (nSPS) is 17.5. The average molecular weight is 352 g/mol. The van der Waals surface area contributed by atoms with Crippen molar-refractivity contribution in [1.29, 1.82) is 10.5 Å². The maximum atomic E-state index is 8.69. The predicted octanol–water partition coefficient (Wildman–Crippen LogP) is 2.90. The molecule has 2 aromatic rings. The summed E-state index contributed by atoms with van der Waals surface area (Å²) in [4.78, 5) is 0. The van der Waals surface area contributed by atoms with Crippen LogP contribution in [0.4, 0.5) is 11.6 Å². The van der Waals surface area contributed by atoms with Gasteiger partial charge in [-0.25, -0.2) is 4.68 Å². The van der Waals surface area contributed by atoms with E-state index in [1.165, 1.54) is 25.7 Å². The first-order valence-corrected chi connectivity index (χ1v) is 9.11. The van der Waals surface area contributed by atoms with E-state index >= 15 is 0 Å². The fourth-order valence-corrected chi connectivity index (χ4v) is 3.75. The zero-order valence-electron chi connectivity index (χ0n) is 14.8. The molecule has 2 heterocycles. The molecule has 2 aliphatic carbocycles. The Morgan fingerprint density at radius 1 is 0.923 bits per heavy atom. The highest BCUT2D eigenvalue weighted by molar-refractivity contribution is 5.47. The van der Waals surface area contributed by atoms with Crippen molar-refractivity contribution in [2.45, 2.75) is 63.5 Å². The molecule has 0 aliphatic heterocycles. The van der Waals surface area contributed by atoms with Crippen molar-refractivity contribution >= 4 is 11.6 Å². The van der Waals surface area contributed by atoms with Crippen molar-refractivity contribution in [2.75, 3.05) is 11.5 Å². The van der Waals surface area contributed by atoms with Gasteiger partial charge in [0.2, 0.25) is 0 Å². The Bertz CT molecular complexity index is 810. The van der Waals surface area contributed by atoms with Crippen molar-refractivity contribution in [1.82, 2.24) is 19.6 Å². The summed E-state index contributed by atoms with van der Waals surface area (Å²) in [7, 11) is 0. The molecular weight excluding hydrogens is 328 g/mol. The molecule has 8 nitrogen and oxygen atoms in total. The number of aromatic nitrogens is 4. The lowest BCUT2D eigenvalue weighted by molar-refractivity contribution is 0.468. The van der Waals surface area contributed by atoms with Crippen molar-refractivity contribution < 1.29 is 0 Å². The van der Waals surface area contributed by atoms with Gasteiger partial charge in [0.25, 0.3) is 0 Å². The molecule has 0 bridgehead atoms. The predicted molar refractivity (Wildman–Crippen MR) is 97.7 cm³/mol. The number of hydrogen-bond acceptors (Lipinski definition) is 6. The number of nitrogens with two attached hydrogens (primary N) is 2. The van der Waals surface area contributed by atoms with Gasteiger partial charge in [-0.3, -0.25) is 4.68 Å². The van der Waals surface area contributed by atoms with Gasteiger partial charge < -0.3 is 11.5 Å². The molecule has 0 radical (unpaired) electrons. The Morgan fingerprint density at radius 2 is 1.50 bits per heavy atom. The van der Waals surface area contributed by atoms with Gasteiger partial charge in [0.05, 0.1) is 18.3 Å². The molecule has 2 saturated carbocycles. The van der Waals surface area contributed by atoms with E-state index in [2.05, 4.69) is 10.2 Å². The van der Waals surface area contributed by atoms with E-state index in [-0.39, 0.29) is 0 Å². The van der Waals surface area contributed by atoms with Crippen LogP contribution < -0.4 is 11.5 Å². The molecule has 2 fully saturated rings. The fraction of sp³-hybridized carbons (Fsp3) is 0.556. The quantitative estimate of drug-likeness (QED) is 0.853. The molecule has 2 aromatic heterocycles. The topological polar surface area (TPSA) is 135 Å². The largest absolute Gasteiger partial charge is 0.383 e. The first-order valence-electron chi connectivity index (χ1n) is 9.11. The van der Waals surface area contributed by atoms with Crippen LogP contribution in [0.2, 0.25) is 0 Å². The highest BCUT2D eigenvalue weighted by Crippen LogP contribution is 2.31. The Morgan fingerprint density at radius 3 is 2.00 bits per heavy atom. The van der Waals surface area contributed by atoms with Gasteiger partial charge >= 0.3 is 0 Å². The molecule has 136 valence electrons. The second kappa shape index (κ2) is 7.92. The van der Waals surface area contributed by atoms with Crippen LogP contribution in [-0.2, 0) is 0 Å². The van der Waals surface area contributed by atoms with Gasteiger partial charge in [-0.15, -0.1) is 0 Å². The van der Waals surface area contributed by atoms with Crippen LogP contribution in [0.5, 0.6) is 0 Å². The van der Waals surface area contributed by atoms with Gasteiger partial charge in [-0.2, -0.15) is 20.7 Å². The molecule has 26 heavy (non-hydrogen) atoms. The van der Waals surface area contributed by atoms with Gasteiger partial charge in [-0.1, -0.05) is 25.7 Å². The molecule has 4 N–H and O–H groups in total. The number of rotatable bonds is 2. The summed E-state index contributed by atoms with van der Waals surface area (Å²) in [6.07, 6.45) is 12.9. The summed E-state index contributed by atoms with van der Waals surface area (Å²) >= 11 is 0. The summed E-state index contributed by atoms with van der Waals surface area (Å²) in [6, 6.07) is 4.94. The highest BCUT2D eigenvalue weighted by Gasteiger charge is 2.21. The van der Waals surface area contributed by atoms with E-state index in [0.29, 0.717) is 34.8 Å². The van der Waals surface area contributed by atoms with E-state index in [1.807, 2.05) is 16.8 Å². The molecule has 0 unspecified atom stereocenters. The molecule has 4 rings (SSSR count). The number of nitriles is 2. The maximum Gasteiger partial charge on any atom is 0.163 e. The third kappa shape index (κ3) is 3.65. The van der Waals surface area contributed by atoms with Gasteiger partial charge in [-0.05, 0) is 25.7 Å². The number of hydrogen-bond donors (Lipinski definition) is 2. The van der Waals surface area contributed by atoms with E-state index in [4.69, 9.17) is 22.0 Å². The van der Waals surface area contributed by atoms with Crippen LogP contribution in [0.1, 0.15) is 74.6 Å². The van der Waals surface area contributed by atoms with Gasteiger partial charge in [0.1, 0.15) is 29.1 Å². The molecule has 0 aromatic carbocycles. The summed E-state index contributed by atoms with van der Waals surface area (Å²) in [5, 5.41) is 25.7. The standard InChI is InChI=1S/2C9H12N4/c10-5-7-6-13(12-9(7)11)8-3-1-2-4-8;10-5-7-6-12-13(9(7)11)8-3-1-2-4-8/h6,8H,1-4H2,(H2,11,12);6,8H,1-4,11H2. The van der Waals surface area contributed by atoms with Gasteiger partial charge in [0.15, 0.2) is 5.82 Å². The Kier molecular flexibility index (Phi) is 5.43. The van der Waals surface area contributed by atoms with E-state index in [9.17, 15) is 0 Å². The monoisotopic (exact) mass is 352 g/mol. The summed E-state index contributed by atoms with van der Waals surface area (Å²) < 4.78 is 3.65. The third-order valence-electron chi connectivity index (χ3n) is 5.20. The van der Waals surface area contributed by atoms with Crippen molar-refractivity contribution in [3.05, 3.63) is 23.5 Å². The smallest absolute Gasteiger partial charge is 0.163 e. The zero-order valence-corrected chi connectivity index (χ0v) is 14.8. The Balaban J connectivity index is 0.000000151. The number of nitrogens with zero attached hydrogens (tertiary/aromatic N) is 6. The molecular formula is C18H24N8. The first-order chi connectivity index (χ1) is 12.6. The summed E-state index contributed by atoms with van der Waals surface area (Å²) in [5.74, 6) is 0.879. The average Bonchev–Trinajstić information content (AvgIpc) is 3.42. The first kappa shape index (κ1) is 17.8. The van der Waals surface area contributed by atoms with Crippen LogP contribution in [0.15, 0.2) is 12.4 Å². The van der Waals surface area contributed by atoms with E-state index < -0.39 is 0 Å². The molecule has 0 spiro atoms. The molecule has 2 aliphatic rings. The lowest BCUT2D eigenvalue weighted by atomic mass is 10.2. The molecule has 0 atom stereocenters. The summed E-state index contributed by atoms with van der Waals surface area (Å²) in [6.45, 7) is 0. The summed E-state index contributed by atoms with van der Waals surface area (Å²) in [5.41, 5.74) is 12.3. The number of anilines is 2. The fourth-order valence-electron chi connectivity index (χ4n) is 3.75. The Hall–Kier alpha value is -3.00. The SMILES string of the molecule is N#Cc1cn(C2CCCC2)nc1N.N#Cc1cnn(C2CCCC2)c1N. The Labute approximate surface area is 153 Å². The van der Waals surface area contributed by atoms with Crippen LogP contribution >= 0.6 is 0 Å². The van der Waals surface area contributed by atoms with Crippen LogP contribution in [0.25, 0.3) is 0 Å². The molecule has 8 heteroatoms. The maximum absolute atomic E-state index is 8.69.